The Kier molecular flexibility index (Phi) is 5.29. The molecule has 0 spiro atoms. The fraction of sp³-hybridized carbons (Fsp3) is 0.231. The number of halogens is 2. The topological polar surface area (TPSA) is 72.9 Å². The third kappa shape index (κ3) is 4.54. The molecule has 5 nitrogen and oxygen atoms in total. The van der Waals surface area contributed by atoms with Crippen molar-refractivity contribution in [2.45, 2.75) is 17.2 Å². The molecule has 0 bridgehead atoms. The first-order valence-electron chi connectivity index (χ1n) is 6.16. The lowest BCUT2D eigenvalue weighted by atomic mass is 10.3. The number of carbonyl (C=O) groups excluding carboxylic acids is 1. The normalized spacial score (nSPS) is 10.9. The molecule has 2 aromatic rings. The van der Waals surface area contributed by atoms with Gasteiger partial charge in [-0.15, -0.1) is 0 Å². The summed E-state index contributed by atoms with van der Waals surface area (Å²) in [5.74, 6) is -2.82. The highest BCUT2D eigenvalue weighted by atomic mass is 32.2. The average molecular weight is 312 g/mol. The maximum atomic E-state index is 12.2. The first-order chi connectivity index (χ1) is 10.1. The maximum absolute atomic E-state index is 12.2. The Balaban J connectivity index is 1.98. The van der Waals surface area contributed by atoms with Crippen LogP contribution in [0.3, 0.4) is 0 Å². The number of alkyl halides is 2. The van der Waals surface area contributed by atoms with Crippen LogP contribution in [-0.4, -0.2) is 27.8 Å². The highest BCUT2D eigenvalue weighted by Gasteiger charge is 2.10. The molecule has 1 amide bonds. The molecule has 0 atom stereocenters. The van der Waals surface area contributed by atoms with Crippen LogP contribution in [0.4, 0.5) is 14.5 Å². The lowest BCUT2D eigenvalue weighted by Crippen LogP contribution is -2.12. The first kappa shape index (κ1) is 15.5. The summed E-state index contributed by atoms with van der Waals surface area (Å²) in [6.45, 7) is 1.04. The summed E-state index contributed by atoms with van der Waals surface area (Å²) in [6.07, 6.45) is 3.13. The molecule has 1 aromatic carbocycles. The number of hydrogen-bond acceptors (Lipinski definition) is 4. The van der Waals surface area contributed by atoms with Gasteiger partial charge in [0.25, 0.3) is 11.7 Å². The molecule has 0 saturated carbocycles. The fourth-order valence-corrected chi connectivity index (χ4v) is 2.16. The van der Waals surface area contributed by atoms with Gasteiger partial charge in [-0.3, -0.25) is 4.79 Å². The molecule has 2 rings (SSSR count). The van der Waals surface area contributed by atoms with Crippen LogP contribution in [0, 0.1) is 0 Å². The van der Waals surface area contributed by atoms with Crippen molar-refractivity contribution in [2.75, 3.05) is 11.9 Å². The van der Waals surface area contributed by atoms with Gasteiger partial charge < -0.3 is 15.6 Å². The van der Waals surface area contributed by atoms with Crippen LogP contribution in [-0.2, 0) is 6.54 Å². The molecule has 0 unspecified atom stereocenters. The molecular weight excluding hydrogens is 298 g/mol. The number of nitrogens with two attached hydrogens (primary N) is 1. The summed E-state index contributed by atoms with van der Waals surface area (Å²) in [5, 5.41) is 2.65. The van der Waals surface area contributed by atoms with E-state index < -0.39 is 5.76 Å². The summed E-state index contributed by atoms with van der Waals surface area (Å²) >= 11 is 0.458. The van der Waals surface area contributed by atoms with Crippen molar-refractivity contribution in [2.24, 2.45) is 5.73 Å². The molecule has 8 heteroatoms. The van der Waals surface area contributed by atoms with Gasteiger partial charge in [0.15, 0.2) is 0 Å². The van der Waals surface area contributed by atoms with E-state index in [0.29, 0.717) is 35.4 Å². The first-order valence-corrected chi connectivity index (χ1v) is 7.04. The van der Waals surface area contributed by atoms with Crippen LogP contribution in [0.15, 0.2) is 41.7 Å². The summed E-state index contributed by atoms with van der Waals surface area (Å²) < 4.78 is 26.1. The lowest BCUT2D eigenvalue weighted by molar-refractivity contribution is 0.102. The van der Waals surface area contributed by atoms with E-state index in [0.717, 1.165) is 0 Å². The molecule has 0 aliphatic carbocycles. The zero-order valence-corrected chi connectivity index (χ0v) is 11.8. The number of thioether (sulfide) groups is 1. The fourth-order valence-electron chi connectivity index (χ4n) is 1.66. The van der Waals surface area contributed by atoms with Gasteiger partial charge in [-0.05, 0) is 24.3 Å². The molecule has 0 aliphatic rings. The van der Waals surface area contributed by atoms with Crippen molar-refractivity contribution in [3.8, 4) is 0 Å². The highest BCUT2D eigenvalue weighted by Crippen LogP contribution is 2.26. The average Bonchev–Trinajstić information content (AvgIpc) is 2.89. The van der Waals surface area contributed by atoms with Crippen LogP contribution >= 0.6 is 11.8 Å². The van der Waals surface area contributed by atoms with Crippen LogP contribution in [0.25, 0.3) is 0 Å². The quantitative estimate of drug-likeness (QED) is 0.803. The Bertz CT molecular complexity index is 600. The molecule has 0 radical (unpaired) electrons. The standard InChI is InChI=1S/C13H14F2N4OS/c14-13(15)21-10-3-1-9(2-4-10)18-12(20)11-7-19(6-5-16)8-17-11/h1-4,7-8,13H,5-6,16H2,(H,18,20). The number of imidazole rings is 1. The van der Waals surface area contributed by atoms with Gasteiger partial charge in [0.2, 0.25) is 0 Å². The minimum atomic E-state index is -2.46. The Morgan fingerprint density at radius 2 is 2.10 bits per heavy atom. The Morgan fingerprint density at radius 1 is 1.38 bits per heavy atom. The molecule has 1 heterocycles. The van der Waals surface area contributed by atoms with Gasteiger partial charge in [-0.2, -0.15) is 8.78 Å². The predicted molar refractivity (Wildman–Crippen MR) is 77.5 cm³/mol. The Hall–Kier alpha value is -1.93. The largest absolute Gasteiger partial charge is 0.335 e. The number of anilines is 1. The molecule has 0 fully saturated rings. The third-order valence-electron chi connectivity index (χ3n) is 2.59. The Morgan fingerprint density at radius 3 is 2.71 bits per heavy atom. The summed E-state index contributed by atoms with van der Waals surface area (Å²) in [4.78, 5) is 16.4. The van der Waals surface area contributed by atoms with Gasteiger partial charge in [-0.25, -0.2) is 4.98 Å². The maximum Gasteiger partial charge on any atom is 0.288 e. The van der Waals surface area contributed by atoms with E-state index in [4.69, 9.17) is 5.73 Å². The predicted octanol–water partition coefficient (Wildman–Crippen LogP) is 2.41. The number of amides is 1. The number of hydrogen-bond donors (Lipinski definition) is 2. The van der Waals surface area contributed by atoms with Crippen LogP contribution in [0.1, 0.15) is 10.5 Å². The second kappa shape index (κ2) is 7.19. The summed E-state index contributed by atoms with van der Waals surface area (Å²) in [5.41, 5.74) is 6.21. The number of nitrogens with one attached hydrogen (secondary N) is 1. The zero-order valence-electron chi connectivity index (χ0n) is 11.0. The lowest BCUT2D eigenvalue weighted by Gasteiger charge is -2.05. The number of carbonyl (C=O) groups is 1. The second-order valence-corrected chi connectivity index (χ2v) is 5.21. The van der Waals surface area contributed by atoms with E-state index in [1.165, 1.54) is 18.5 Å². The zero-order chi connectivity index (χ0) is 15.2. The molecule has 21 heavy (non-hydrogen) atoms. The minimum Gasteiger partial charge on any atom is -0.335 e. The summed E-state index contributed by atoms with van der Waals surface area (Å²) in [7, 11) is 0. The second-order valence-electron chi connectivity index (χ2n) is 4.14. The smallest absolute Gasteiger partial charge is 0.288 e. The SMILES string of the molecule is NCCn1cnc(C(=O)Nc2ccc(SC(F)F)cc2)c1. The minimum absolute atomic E-state index is 0.273. The third-order valence-corrected chi connectivity index (χ3v) is 3.31. The van der Waals surface area contributed by atoms with Gasteiger partial charge in [-0.1, -0.05) is 11.8 Å². The highest BCUT2D eigenvalue weighted by molar-refractivity contribution is 7.99. The van der Waals surface area contributed by atoms with E-state index in [1.54, 1.807) is 22.9 Å². The molecule has 1 aromatic heterocycles. The van der Waals surface area contributed by atoms with Crippen LogP contribution < -0.4 is 11.1 Å². The van der Waals surface area contributed by atoms with E-state index in [1.807, 2.05) is 0 Å². The molecule has 0 aliphatic heterocycles. The molecule has 3 N–H and O–H groups in total. The molecule has 112 valence electrons. The van der Waals surface area contributed by atoms with E-state index in [2.05, 4.69) is 10.3 Å². The van der Waals surface area contributed by atoms with Gasteiger partial charge in [0, 0.05) is 29.9 Å². The van der Waals surface area contributed by atoms with Gasteiger partial charge >= 0.3 is 0 Å². The van der Waals surface area contributed by atoms with E-state index in [9.17, 15) is 13.6 Å². The van der Waals surface area contributed by atoms with Gasteiger partial charge in [0.05, 0.1) is 6.33 Å². The van der Waals surface area contributed by atoms with Crippen molar-refractivity contribution in [1.82, 2.24) is 9.55 Å². The van der Waals surface area contributed by atoms with Crippen molar-refractivity contribution in [3.63, 3.8) is 0 Å². The number of benzene rings is 1. The van der Waals surface area contributed by atoms with E-state index >= 15 is 0 Å². The molecular formula is C13H14F2N4OS. The van der Waals surface area contributed by atoms with E-state index in [-0.39, 0.29) is 11.6 Å². The van der Waals surface area contributed by atoms with Crippen molar-refractivity contribution >= 4 is 23.4 Å². The van der Waals surface area contributed by atoms with Crippen LogP contribution in [0.5, 0.6) is 0 Å². The van der Waals surface area contributed by atoms with Crippen LogP contribution in [0.2, 0.25) is 0 Å². The van der Waals surface area contributed by atoms with Crippen molar-refractivity contribution < 1.29 is 13.6 Å². The number of rotatable bonds is 6. The van der Waals surface area contributed by atoms with Crippen molar-refractivity contribution in [3.05, 3.63) is 42.5 Å². The molecule has 0 saturated heterocycles. The van der Waals surface area contributed by atoms with Crippen molar-refractivity contribution in [1.29, 1.82) is 0 Å². The van der Waals surface area contributed by atoms with Gasteiger partial charge in [0.1, 0.15) is 5.69 Å². The summed E-state index contributed by atoms with van der Waals surface area (Å²) in [6, 6.07) is 6.19. The number of nitrogens with zero attached hydrogens (tertiary/aromatic N) is 2. The number of aromatic nitrogens is 2. The monoisotopic (exact) mass is 312 g/mol. The Labute approximate surface area is 124 Å².